The van der Waals surface area contributed by atoms with Gasteiger partial charge in [-0.3, -0.25) is 0 Å². The minimum Gasteiger partial charge on any atom is -0.462 e. The highest BCUT2D eigenvalue weighted by molar-refractivity contribution is 5.86. The third kappa shape index (κ3) is 8.67. The summed E-state index contributed by atoms with van der Waals surface area (Å²) in [6.45, 7) is 10.1. The topological polar surface area (TPSA) is 46.5 Å². The van der Waals surface area contributed by atoms with E-state index in [0.29, 0.717) is 17.4 Å². The lowest BCUT2D eigenvalue weighted by Gasteiger charge is -2.30. The molecule has 0 radical (unpaired) electrons. The second-order valence-electron chi connectivity index (χ2n) is 12.4. The Kier molecular flexibility index (Phi) is 12.0. The number of esters is 1. The van der Waals surface area contributed by atoms with Crippen LogP contribution in [0, 0.1) is 11.8 Å². The molecule has 1 saturated carbocycles. The van der Waals surface area contributed by atoms with Crippen LogP contribution in [-0.4, -0.2) is 24.3 Å². The van der Waals surface area contributed by atoms with Crippen LogP contribution in [0.1, 0.15) is 94.7 Å². The molecule has 1 N–H and O–H groups in total. The Bertz CT molecular complexity index is 1280. The zero-order valence-electron chi connectivity index (χ0n) is 26.0. The van der Waals surface area contributed by atoms with Crippen molar-refractivity contribution < 1.29 is 14.6 Å². The second kappa shape index (κ2) is 15.9. The summed E-state index contributed by atoms with van der Waals surface area (Å²) in [6.07, 6.45) is 11.6. The fraction of sp³-hybridized carbons (Fsp3) is 0.462. The third-order valence-electron chi connectivity index (χ3n) is 9.11. The molecule has 0 aromatic heterocycles. The van der Waals surface area contributed by atoms with Crippen molar-refractivity contribution in [3.8, 4) is 22.3 Å². The zero-order chi connectivity index (χ0) is 29.9. The van der Waals surface area contributed by atoms with E-state index >= 15 is 0 Å². The smallest absolute Gasteiger partial charge is 0.333 e. The van der Waals surface area contributed by atoms with E-state index in [1.807, 2.05) is 0 Å². The first-order valence-corrected chi connectivity index (χ1v) is 16.2. The maximum absolute atomic E-state index is 11.7. The van der Waals surface area contributed by atoms with Crippen molar-refractivity contribution in [2.24, 2.45) is 11.8 Å². The van der Waals surface area contributed by atoms with Gasteiger partial charge in [-0.15, -0.1) is 0 Å². The van der Waals surface area contributed by atoms with Gasteiger partial charge in [0.2, 0.25) is 0 Å². The molecule has 0 amide bonds. The van der Waals surface area contributed by atoms with Crippen molar-refractivity contribution in [3.05, 3.63) is 95.6 Å². The Morgan fingerprint density at radius 2 is 1.57 bits per heavy atom. The predicted molar refractivity (Wildman–Crippen MR) is 176 cm³/mol. The average Bonchev–Trinajstić information content (AvgIpc) is 3.03. The van der Waals surface area contributed by atoms with Gasteiger partial charge in [0.25, 0.3) is 0 Å². The van der Waals surface area contributed by atoms with Crippen molar-refractivity contribution in [2.75, 3.05) is 13.2 Å². The largest absolute Gasteiger partial charge is 0.462 e. The molecule has 4 rings (SSSR count). The van der Waals surface area contributed by atoms with Crippen LogP contribution in [0.25, 0.3) is 22.3 Å². The van der Waals surface area contributed by atoms with E-state index < -0.39 is 0 Å². The standard InChI is InChI=1S/C39H50O3/c1-5-7-8-9-29-10-16-36(17-11-29)38-23-22-37(25-32(38)6-2)35-20-18-34(19-21-35)33-14-12-30(13-15-33)24-31(26-40)27-42-39(41)28(3)4/h10-11,16-23,25,30-31,33,40H,3,5-9,12-15,24,26-27H2,1-2,4H3. The van der Waals surface area contributed by atoms with E-state index in [0.717, 1.165) is 25.7 Å². The lowest BCUT2D eigenvalue weighted by molar-refractivity contribution is -0.140. The van der Waals surface area contributed by atoms with E-state index in [4.69, 9.17) is 4.74 Å². The van der Waals surface area contributed by atoms with Crippen molar-refractivity contribution in [1.29, 1.82) is 0 Å². The lowest BCUT2D eigenvalue weighted by Crippen LogP contribution is -2.23. The molecule has 0 heterocycles. The van der Waals surface area contributed by atoms with Crippen LogP contribution < -0.4 is 0 Å². The second-order valence-corrected chi connectivity index (χ2v) is 12.4. The highest BCUT2D eigenvalue weighted by Gasteiger charge is 2.25. The molecular formula is C39H50O3. The summed E-state index contributed by atoms with van der Waals surface area (Å²) >= 11 is 0. The highest BCUT2D eigenvalue weighted by Crippen LogP contribution is 2.39. The molecule has 1 aliphatic carbocycles. The van der Waals surface area contributed by atoms with Crippen LogP contribution in [0.15, 0.2) is 78.9 Å². The summed E-state index contributed by atoms with van der Waals surface area (Å²) in [5.74, 6) is 0.792. The monoisotopic (exact) mass is 566 g/mol. The van der Waals surface area contributed by atoms with Crippen LogP contribution in [0.5, 0.6) is 0 Å². The van der Waals surface area contributed by atoms with Gasteiger partial charge in [0.05, 0.1) is 6.61 Å². The number of hydrogen-bond acceptors (Lipinski definition) is 3. The maximum atomic E-state index is 11.7. The molecule has 3 heteroatoms. The molecule has 1 fully saturated rings. The van der Waals surface area contributed by atoms with Crippen molar-refractivity contribution in [3.63, 3.8) is 0 Å². The van der Waals surface area contributed by atoms with Gasteiger partial charge in [-0.2, -0.15) is 0 Å². The fourth-order valence-electron chi connectivity index (χ4n) is 6.44. The number of benzene rings is 3. The normalized spacial score (nSPS) is 17.5. The van der Waals surface area contributed by atoms with E-state index in [2.05, 4.69) is 87.2 Å². The molecule has 224 valence electrons. The molecule has 3 aromatic carbocycles. The first-order valence-electron chi connectivity index (χ1n) is 16.2. The number of aryl methyl sites for hydroxylation is 2. The van der Waals surface area contributed by atoms with Crippen LogP contribution in [-0.2, 0) is 22.4 Å². The quantitative estimate of drug-likeness (QED) is 0.120. The van der Waals surface area contributed by atoms with Crippen molar-refractivity contribution >= 4 is 5.97 Å². The van der Waals surface area contributed by atoms with Crippen molar-refractivity contribution in [1.82, 2.24) is 0 Å². The number of ether oxygens (including phenoxy) is 1. The van der Waals surface area contributed by atoms with Gasteiger partial charge in [-0.05, 0) is 109 Å². The first kappa shape index (κ1) is 31.8. The minimum absolute atomic E-state index is 0.00319. The van der Waals surface area contributed by atoms with Gasteiger partial charge >= 0.3 is 5.97 Å². The molecule has 3 nitrogen and oxygen atoms in total. The Morgan fingerprint density at radius 3 is 2.19 bits per heavy atom. The SMILES string of the molecule is C=C(C)C(=O)OCC(CO)CC1CCC(c2ccc(-c3ccc(-c4ccc(CCCCC)cc4)c(CC)c3)cc2)CC1. The summed E-state index contributed by atoms with van der Waals surface area (Å²) in [5, 5.41) is 9.79. The molecule has 1 aliphatic rings. The molecule has 0 bridgehead atoms. The Hall–Kier alpha value is -3.17. The number of carbonyl (C=O) groups excluding carboxylic acids is 1. The maximum Gasteiger partial charge on any atom is 0.333 e. The Morgan fingerprint density at radius 1 is 0.905 bits per heavy atom. The number of rotatable bonds is 14. The molecule has 1 atom stereocenters. The molecule has 0 saturated heterocycles. The van der Waals surface area contributed by atoms with Crippen LogP contribution in [0.4, 0.5) is 0 Å². The van der Waals surface area contributed by atoms with Gasteiger partial charge < -0.3 is 9.84 Å². The van der Waals surface area contributed by atoms with Gasteiger partial charge in [0.15, 0.2) is 0 Å². The first-order chi connectivity index (χ1) is 20.4. The van der Waals surface area contributed by atoms with Gasteiger partial charge in [-0.1, -0.05) is 100.0 Å². The van der Waals surface area contributed by atoms with Crippen LogP contribution in [0.3, 0.4) is 0 Å². The zero-order valence-corrected chi connectivity index (χ0v) is 26.0. The molecule has 0 spiro atoms. The summed E-state index contributed by atoms with van der Waals surface area (Å²) < 4.78 is 5.30. The molecule has 0 aliphatic heterocycles. The Balaban J connectivity index is 1.33. The number of hydrogen-bond donors (Lipinski definition) is 1. The van der Waals surface area contributed by atoms with Crippen LogP contribution >= 0.6 is 0 Å². The lowest BCUT2D eigenvalue weighted by atomic mass is 9.75. The van der Waals surface area contributed by atoms with Gasteiger partial charge in [0.1, 0.15) is 0 Å². The van der Waals surface area contributed by atoms with Gasteiger partial charge in [-0.25, -0.2) is 4.79 Å². The van der Waals surface area contributed by atoms with E-state index in [1.54, 1.807) is 6.92 Å². The number of aliphatic hydroxyl groups is 1. The Labute approximate surface area is 254 Å². The summed E-state index contributed by atoms with van der Waals surface area (Å²) in [5.41, 5.74) is 9.86. The van der Waals surface area contributed by atoms with E-state index in [9.17, 15) is 9.90 Å². The molecule has 42 heavy (non-hydrogen) atoms. The van der Waals surface area contributed by atoms with E-state index in [1.165, 1.54) is 77.5 Å². The number of carbonyl (C=O) groups is 1. The predicted octanol–water partition coefficient (Wildman–Crippen LogP) is 9.71. The average molecular weight is 567 g/mol. The van der Waals surface area contributed by atoms with Crippen molar-refractivity contribution in [2.45, 2.75) is 90.9 Å². The van der Waals surface area contributed by atoms with E-state index in [-0.39, 0.29) is 25.1 Å². The third-order valence-corrected chi connectivity index (χ3v) is 9.11. The number of unbranched alkanes of at least 4 members (excludes halogenated alkanes) is 2. The fourth-order valence-corrected chi connectivity index (χ4v) is 6.44. The summed E-state index contributed by atoms with van der Waals surface area (Å²) in [4.78, 5) is 11.7. The van der Waals surface area contributed by atoms with Gasteiger partial charge in [0, 0.05) is 18.1 Å². The molecule has 1 unspecified atom stereocenters. The molecular weight excluding hydrogens is 516 g/mol. The molecule has 3 aromatic rings. The summed E-state index contributed by atoms with van der Waals surface area (Å²) in [7, 11) is 0. The minimum atomic E-state index is -0.370. The number of aliphatic hydroxyl groups excluding tert-OH is 1. The van der Waals surface area contributed by atoms with Crippen LogP contribution in [0.2, 0.25) is 0 Å². The summed E-state index contributed by atoms with van der Waals surface area (Å²) in [6, 6.07) is 25.4. The highest BCUT2D eigenvalue weighted by atomic mass is 16.5.